The van der Waals surface area contributed by atoms with Crippen LogP contribution in [0.3, 0.4) is 0 Å². The Kier molecular flexibility index (Phi) is 3.49. The minimum absolute atomic E-state index is 0.0207. The number of hydrogen-bond acceptors (Lipinski definition) is 6. The second kappa shape index (κ2) is 5.49. The molecule has 0 amide bonds. The fourth-order valence-electron chi connectivity index (χ4n) is 4.40. The molecule has 0 aliphatic carbocycles. The van der Waals surface area contributed by atoms with E-state index in [1.807, 2.05) is 19.9 Å². The van der Waals surface area contributed by atoms with Gasteiger partial charge in [-0.05, 0) is 25.8 Å². The largest absolute Gasteiger partial charge is 0.343 e. The molecule has 0 aromatic heterocycles. The Labute approximate surface area is 142 Å². The van der Waals surface area contributed by atoms with Crippen molar-refractivity contribution >= 4 is 0 Å². The van der Waals surface area contributed by atoms with Crippen LogP contribution < -0.4 is 5.32 Å². The van der Waals surface area contributed by atoms with Gasteiger partial charge in [-0.1, -0.05) is 30.3 Å². The standard InChI is InChI=1S/C18H24N2O4/c1-18(2)22-16-14-15(21-17(16)23-18)13-8-12(9-19-14)24-20(13)10-11-6-4-3-5-7-11/h3-7,12-17,19H,8-10H2,1-2H3/t12-,13+,14+,15-,16+,17+/m0/s1. The maximum Gasteiger partial charge on any atom is 0.189 e. The maximum atomic E-state index is 6.27. The summed E-state index contributed by atoms with van der Waals surface area (Å²) >= 11 is 0. The first-order valence-corrected chi connectivity index (χ1v) is 8.81. The van der Waals surface area contributed by atoms with Gasteiger partial charge in [0.1, 0.15) is 6.10 Å². The fraction of sp³-hybridized carbons (Fsp3) is 0.667. The number of nitrogens with zero attached hydrogens (tertiary/aromatic N) is 1. The predicted octanol–water partition coefficient (Wildman–Crippen LogP) is 1.41. The van der Waals surface area contributed by atoms with Gasteiger partial charge in [-0.25, -0.2) is 0 Å². The molecule has 130 valence electrons. The average molecular weight is 332 g/mol. The number of nitrogens with one attached hydrogen (secondary N) is 1. The second-order valence-corrected chi connectivity index (χ2v) is 7.59. The van der Waals surface area contributed by atoms with Crippen LogP contribution in [0.2, 0.25) is 0 Å². The molecule has 2 bridgehead atoms. The summed E-state index contributed by atoms with van der Waals surface area (Å²) in [4.78, 5) is 6.15. The molecule has 6 heteroatoms. The van der Waals surface area contributed by atoms with Gasteiger partial charge in [0.05, 0.1) is 24.3 Å². The molecule has 0 saturated carbocycles. The lowest BCUT2D eigenvalue weighted by Gasteiger charge is -2.33. The van der Waals surface area contributed by atoms with Gasteiger partial charge in [0.15, 0.2) is 12.1 Å². The van der Waals surface area contributed by atoms with Crippen LogP contribution in [-0.2, 0) is 25.6 Å². The van der Waals surface area contributed by atoms with Crippen molar-refractivity contribution in [2.75, 3.05) is 6.54 Å². The maximum absolute atomic E-state index is 6.27. The van der Waals surface area contributed by atoms with E-state index in [0.717, 1.165) is 19.5 Å². The number of hydrogen-bond donors (Lipinski definition) is 1. The molecule has 1 aromatic rings. The summed E-state index contributed by atoms with van der Waals surface area (Å²) in [6, 6.07) is 10.8. The number of ether oxygens (including phenoxy) is 3. The zero-order valence-electron chi connectivity index (χ0n) is 14.1. The van der Waals surface area contributed by atoms with E-state index in [-0.39, 0.29) is 36.7 Å². The molecule has 5 rings (SSSR count). The van der Waals surface area contributed by atoms with Crippen LogP contribution in [0.5, 0.6) is 0 Å². The SMILES string of the molecule is CC1(C)O[C@H]2O[C@@H]3[C@@H](NC[C@@H]4C[C@H]3N(Cc3ccccc3)O4)[C@H]2O1. The third kappa shape index (κ3) is 2.49. The van der Waals surface area contributed by atoms with Crippen molar-refractivity contribution in [2.24, 2.45) is 0 Å². The quantitative estimate of drug-likeness (QED) is 0.884. The zero-order chi connectivity index (χ0) is 16.3. The van der Waals surface area contributed by atoms with Crippen LogP contribution in [0.4, 0.5) is 0 Å². The average Bonchev–Trinajstić information content (AvgIpc) is 3.11. The normalized spacial score (nSPS) is 43.4. The molecular weight excluding hydrogens is 308 g/mol. The van der Waals surface area contributed by atoms with Gasteiger partial charge in [0.25, 0.3) is 0 Å². The van der Waals surface area contributed by atoms with Gasteiger partial charge >= 0.3 is 0 Å². The first kappa shape index (κ1) is 15.3. The van der Waals surface area contributed by atoms with Crippen molar-refractivity contribution < 1.29 is 19.0 Å². The Balaban J connectivity index is 1.37. The topological polar surface area (TPSA) is 52.2 Å². The minimum atomic E-state index is -0.576. The van der Waals surface area contributed by atoms with E-state index in [2.05, 4.69) is 34.6 Å². The summed E-state index contributed by atoms with van der Waals surface area (Å²) in [5.41, 5.74) is 1.25. The molecule has 6 atom stereocenters. The van der Waals surface area contributed by atoms with Gasteiger partial charge in [0, 0.05) is 13.1 Å². The molecule has 4 saturated heterocycles. The molecular formula is C18H24N2O4. The minimum Gasteiger partial charge on any atom is -0.343 e. The number of hydroxylamine groups is 2. The molecule has 4 aliphatic heterocycles. The monoisotopic (exact) mass is 332 g/mol. The van der Waals surface area contributed by atoms with Gasteiger partial charge in [-0.3, -0.25) is 4.84 Å². The van der Waals surface area contributed by atoms with Crippen LogP contribution >= 0.6 is 0 Å². The van der Waals surface area contributed by atoms with E-state index >= 15 is 0 Å². The van der Waals surface area contributed by atoms with Gasteiger partial charge in [-0.15, -0.1) is 0 Å². The van der Waals surface area contributed by atoms with Crippen molar-refractivity contribution in [3.63, 3.8) is 0 Å². The number of rotatable bonds is 2. The Morgan fingerprint density at radius 2 is 2.00 bits per heavy atom. The van der Waals surface area contributed by atoms with Crippen LogP contribution in [0.1, 0.15) is 25.8 Å². The molecule has 0 radical (unpaired) electrons. The molecule has 1 aromatic carbocycles. The van der Waals surface area contributed by atoms with Gasteiger partial charge < -0.3 is 19.5 Å². The highest BCUT2D eigenvalue weighted by Gasteiger charge is 2.59. The molecule has 4 heterocycles. The van der Waals surface area contributed by atoms with E-state index in [1.54, 1.807) is 0 Å². The molecule has 4 aliphatic rings. The second-order valence-electron chi connectivity index (χ2n) is 7.59. The van der Waals surface area contributed by atoms with Gasteiger partial charge in [-0.2, -0.15) is 5.06 Å². The smallest absolute Gasteiger partial charge is 0.189 e. The molecule has 0 spiro atoms. The van der Waals surface area contributed by atoms with Crippen molar-refractivity contribution in [1.29, 1.82) is 0 Å². The Hall–Kier alpha value is -1.02. The Morgan fingerprint density at radius 3 is 2.83 bits per heavy atom. The van der Waals surface area contributed by atoms with Crippen LogP contribution in [0.15, 0.2) is 30.3 Å². The summed E-state index contributed by atoms with van der Waals surface area (Å²) in [6.07, 6.45) is 0.847. The summed E-state index contributed by atoms with van der Waals surface area (Å²) < 4.78 is 18.3. The molecule has 6 nitrogen and oxygen atoms in total. The lowest BCUT2D eigenvalue weighted by molar-refractivity contribution is -0.234. The lowest BCUT2D eigenvalue weighted by atomic mass is 9.99. The van der Waals surface area contributed by atoms with Crippen molar-refractivity contribution in [1.82, 2.24) is 10.4 Å². The highest BCUT2D eigenvalue weighted by atomic mass is 16.8. The lowest BCUT2D eigenvalue weighted by Crippen LogP contribution is -2.53. The fourth-order valence-corrected chi connectivity index (χ4v) is 4.40. The van der Waals surface area contributed by atoms with Crippen molar-refractivity contribution in [2.45, 2.75) is 69.3 Å². The third-order valence-corrected chi connectivity index (χ3v) is 5.39. The number of benzene rings is 1. The van der Waals surface area contributed by atoms with E-state index in [1.165, 1.54) is 5.56 Å². The third-order valence-electron chi connectivity index (χ3n) is 5.39. The van der Waals surface area contributed by atoms with Crippen LogP contribution in [0.25, 0.3) is 0 Å². The molecule has 1 N–H and O–H groups in total. The zero-order valence-corrected chi connectivity index (χ0v) is 14.1. The van der Waals surface area contributed by atoms with Gasteiger partial charge in [0.2, 0.25) is 0 Å². The summed E-state index contributed by atoms with van der Waals surface area (Å²) in [5, 5.41) is 5.69. The Bertz CT molecular complexity index is 610. The molecule has 4 fully saturated rings. The Morgan fingerprint density at radius 1 is 1.17 bits per heavy atom. The van der Waals surface area contributed by atoms with E-state index in [9.17, 15) is 0 Å². The first-order valence-electron chi connectivity index (χ1n) is 8.81. The van der Waals surface area contributed by atoms with Crippen LogP contribution in [-0.4, -0.2) is 54.1 Å². The van der Waals surface area contributed by atoms with Crippen LogP contribution in [0, 0.1) is 0 Å². The summed E-state index contributed by atoms with van der Waals surface area (Å²) in [5.74, 6) is -0.576. The molecule has 24 heavy (non-hydrogen) atoms. The first-order chi connectivity index (χ1) is 11.6. The van der Waals surface area contributed by atoms with E-state index < -0.39 is 5.79 Å². The van der Waals surface area contributed by atoms with Crippen molar-refractivity contribution in [3.05, 3.63) is 35.9 Å². The highest BCUT2D eigenvalue weighted by Crippen LogP contribution is 2.42. The highest BCUT2D eigenvalue weighted by molar-refractivity contribution is 5.15. The summed E-state index contributed by atoms with van der Waals surface area (Å²) in [6.45, 7) is 5.48. The molecule has 0 unspecified atom stereocenters. The van der Waals surface area contributed by atoms with E-state index in [0.29, 0.717) is 0 Å². The predicted molar refractivity (Wildman–Crippen MR) is 85.8 cm³/mol. The summed E-state index contributed by atoms with van der Waals surface area (Å²) in [7, 11) is 0. The van der Waals surface area contributed by atoms with E-state index in [4.69, 9.17) is 19.0 Å². The van der Waals surface area contributed by atoms with Crippen molar-refractivity contribution in [3.8, 4) is 0 Å². The number of fused-ring (bicyclic) bond motifs is 6.